The molecule has 1 heterocycles. The van der Waals surface area contributed by atoms with Crippen LogP contribution in [0.2, 0.25) is 0 Å². The zero-order valence-electron chi connectivity index (χ0n) is 21.7. The second kappa shape index (κ2) is 12.5. The number of amides is 1. The highest BCUT2D eigenvalue weighted by molar-refractivity contribution is 6.01. The number of anilines is 1. The Labute approximate surface area is 223 Å². The van der Waals surface area contributed by atoms with Gasteiger partial charge in [-0.15, -0.1) is 0 Å². The van der Waals surface area contributed by atoms with E-state index in [-0.39, 0.29) is 6.54 Å². The summed E-state index contributed by atoms with van der Waals surface area (Å²) in [6, 6.07) is 13.7. The lowest BCUT2D eigenvalue weighted by Crippen LogP contribution is -2.46. The Bertz CT molecular complexity index is 1540. The third-order valence-electron chi connectivity index (χ3n) is 5.97. The third kappa shape index (κ3) is 6.86. The van der Waals surface area contributed by atoms with Gasteiger partial charge in [0.2, 0.25) is 5.78 Å². The van der Waals surface area contributed by atoms with Gasteiger partial charge < -0.3 is 20.5 Å². The Kier molecular flexibility index (Phi) is 9.15. The lowest BCUT2D eigenvalue weighted by atomic mass is 10.1. The SMILES string of the molecule is COC(=O)Cn1c(=O)c(C(=O)COC(=O)CNC(=O)c2ccc(C)c(C)c2)c(N)n(Cc2ccccc2)c1=O. The fourth-order valence-corrected chi connectivity index (χ4v) is 3.64. The molecule has 3 rings (SSSR count). The van der Waals surface area contributed by atoms with Crippen molar-refractivity contribution in [1.29, 1.82) is 0 Å². The highest BCUT2D eigenvalue weighted by atomic mass is 16.5. The van der Waals surface area contributed by atoms with Crippen molar-refractivity contribution in [2.24, 2.45) is 0 Å². The van der Waals surface area contributed by atoms with Crippen LogP contribution in [0.25, 0.3) is 0 Å². The van der Waals surface area contributed by atoms with Gasteiger partial charge >= 0.3 is 17.6 Å². The van der Waals surface area contributed by atoms with Crippen LogP contribution in [0, 0.1) is 13.8 Å². The number of rotatable bonds is 10. The number of ketones is 1. The average molecular weight is 537 g/mol. The van der Waals surface area contributed by atoms with E-state index in [0.717, 1.165) is 22.8 Å². The Morgan fingerprint density at radius 1 is 0.923 bits per heavy atom. The summed E-state index contributed by atoms with van der Waals surface area (Å²) >= 11 is 0. The summed E-state index contributed by atoms with van der Waals surface area (Å²) in [6.07, 6.45) is 0. The molecule has 0 aliphatic heterocycles. The molecule has 3 aromatic rings. The Hall–Kier alpha value is -5.00. The fraction of sp³-hybridized carbons (Fsp3) is 0.259. The van der Waals surface area contributed by atoms with Crippen LogP contribution in [-0.2, 0) is 32.2 Å². The van der Waals surface area contributed by atoms with E-state index in [2.05, 4.69) is 10.1 Å². The zero-order chi connectivity index (χ0) is 28.7. The summed E-state index contributed by atoms with van der Waals surface area (Å²) in [5.74, 6) is -3.78. The smallest absolute Gasteiger partial charge is 0.333 e. The van der Waals surface area contributed by atoms with E-state index in [1.807, 2.05) is 13.8 Å². The van der Waals surface area contributed by atoms with Gasteiger partial charge in [-0.3, -0.25) is 28.5 Å². The van der Waals surface area contributed by atoms with Gasteiger partial charge in [0, 0.05) is 5.56 Å². The summed E-state index contributed by atoms with van der Waals surface area (Å²) in [7, 11) is 1.08. The number of carbonyl (C=O) groups is 4. The van der Waals surface area contributed by atoms with Gasteiger partial charge in [-0.05, 0) is 42.7 Å². The highest BCUT2D eigenvalue weighted by Crippen LogP contribution is 2.11. The largest absolute Gasteiger partial charge is 0.468 e. The maximum absolute atomic E-state index is 13.0. The second-order valence-corrected chi connectivity index (χ2v) is 8.65. The van der Waals surface area contributed by atoms with Gasteiger partial charge in [-0.1, -0.05) is 36.4 Å². The van der Waals surface area contributed by atoms with E-state index in [9.17, 15) is 28.8 Å². The summed E-state index contributed by atoms with van der Waals surface area (Å²) in [5.41, 5.74) is 6.29. The van der Waals surface area contributed by atoms with Crippen molar-refractivity contribution >= 4 is 29.4 Å². The predicted octanol–water partition coefficient (Wildman–Crippen LogP) is 0.586. The van der Waals surface area contributed by atoms with Gasteiger partial charge in [0.25, 0.3) is 11.5 Å². The van der Waals surface area contributed by atoms with E-state index >= 15 is 0 Å². The Morgan fingerprint density at radius 3 is 2.26 bits per heavy atom. The van der Waals surface area contributed by atoms with E-state index in [1.165, 1.54) is 0 Å². The number of nitrogens with one attached hydrogen (secondary N) is 1. The third-order valence-corrected chi connectivity index (χ3v) is 5.97. The minimum absolute atomic E-state index is 0.0997. The average Bonchev–Trinajstić information content (AvgIpc) is 2.92. The normalized spacial score (nSPS) is 10.5. The van der Waals surface area contributed by atoms with Crippen molar-refractivity contribution in [2.45, 2.75) is 26.9 Å². The molecule has 1 aromatic heterocycles. The van der Waals surface area contributed by atoms with Crippen LogP contribution in [0.4, 0.5) is 5.82 Å². The monoisotopic (exact) mass is 536 g/mol. The second-order valence-electron chi connectivity index (χ2n) is 8.65. The summed E-state index contributed by atoms with van der Waals surface area (Å²) in [6.45, 7) is 1.47. The van der Waals surface area contributed by atoms with Crippen molar-refractivity contribution in [3.63, 3.8) is 0 Å². The van der Waals surface area contributed by atoms with Crippen LogP contribution in [0.3, 0.4) is 0 Å². The number of aryl methyl sites for hydroxylation is 2. The van der Waals surface area contributed by atoms with E-state index in [1.54, 1.807) is 48.5 Å². The molecule has 0 unspecified atom stereocenters. The van der Waals surface area contributed by atoms with Crippen LogP contribution in [0.15, 0.2) is 58.1 Å². The first-order chi connectivity index (χ1) is 18.5. The molecule has 0 radical (unpaired) electrons. The lowest BCUT2D eigenvalue weighted by molar-refractivity contribution is -0.142. The molecule has 0 fully saturated rings. The molecule has 0 saturated carbocycles. The van der Waals surface area contributed by atoms with Crippen LogP contribution >= 0.6 is 0 Å². The van der Waals surface area contributed by atoms with Crippen LogP contribution in [0.1, 0.15) is 37.4 Å². The number of Topliss-reactive ketones (excluding diaryl/α,β-unsaturated/α-hetero) is 1. The predicted molar refractivity (Wildman–Crippen MR) is 140 cm³/mol. The quantitative estimate of drug-likeness (QED) is 0.278. The molecular formula is C27H28N4O8. The Balaban J connectivity index is 1.79. The molecule has 3 N–H and O–H groups in total. The number of benzene rings is 2. The number of ether oxygens (including phenoxy) is 2. The molecule has 12 heteroatoms. The first-order valence-corrected chi connectivity index (χ1v) is 11.8. The molecule has 0 spiro atoms. The van der Waals surface area contributed by atoms with Crippen LogP contribution in [0.5, 0.6) is 0 Å². The van der Waals surface area contributed by atoms with Crippen molar-refractivity contribution in [3.8, 4) is 0 Å². The molecule has 12 nitrogen and oxygen atoms in total. The number of aromatic nitrogens is 2. The lowest BCUT2D eigenvalue weighted by Gasteiger charge is -2.16. The number of carbonyl (C=O) groups excluding carboxylic acids is 4. The van der Waals surface area contributed by atoms with E-state index in [0.29, 0.717) is 15.7 Å². The number of esters is 2. The summed E-state index contributed by atoms with van der Waals surface area (Å²) < 4.78 is 11.0. The zero-order valence-corrected chi connectivity index (χ0v) is 21.7. The number of hydrogen-bond acceptors (Lipinski definition) is 9. The van der Waals surface area contributed by atoms with Crippen molar-refractivity contribution in [2.75, 3.05) is 26.0 Å². The van der Waals surface area contributed by atoms with E-state index < -0.39 is 66.0 Å². The van der Waals surface area contributed by atoms with Gasteiger partial charge in [0.15, 0.2) is 6.61 Å². The van der Waals surface area contributed by atoms with Crippen molar-refractivity contribution in [3.05, 3.63) is 97.2 Å². The molecule has 0 atom stereocenters. The molecule has 2 aromatic carbocycles. The van der Waals surface area contributed by atoms with Gasteiger partial charge in [-0.2, -0.15) is 0 Å². The van der Waals surface area contributed by atoms with Gasteiger partial charge in [0.05, 0.1) is 13.7 Å². The van der Waals surface area contributed by atoms with Crippen LogP contribution in [-0.4, -0.2) is 53.0 Å². The van der Waals surface area contributed by atoms with Gasteiger partial charge in [0.1, 0.15) is 24.5 Å². The maximum atomic E-state index is 13.0. The van der Waals surface area contributed by atoms with Crippen molar-refractivity contribution < 1.29 is 28.7 Å². The first-order valence-electron chi connectivity index (χ1n) is 11.8. The number of methoxy groups -OCH3 is 1. The van der Waals surface area contributed by atoms with Crippen LogP contribution < -0.4 is 22.3 Å². The number of nitrogens with zero attached hydrogens (tertiary/aromatic N) is 2. The number of nitrogens with two attached hydrogens (primary N) is 1. The minimum atomic E-state index is -1.13. The first kappa shape index (κ1) is 28.6. The topological polar surface area (TPSA) is 169 Å². The van der Waals surface area contributed by atoms with E-state index in [4.69, 9.17) is 10.5 Å². The van der Waals surface area contributed by atoms with Crippen molar-refractivity contribution in [1.82, 2.24) is 14.5 Å². The molecule has 0 aliphatic rings. The Morgan fingerprint density at radius 2 is 1.62 bits per heavy atom. The molecule has 39 heavy (non-hydrogen) atoms. The summed E-state index contributed by atoms with van der Waals surface area (Å²) in [4.78, 5) is 75.4. The molecular weight excluding hydrogens is 508 g/mol. The number of nitrogen functional groups attached to an aromatic ring is 1. The van der Waals surface area contributed by atoms with Gasteiger partial charge in [-0.25, -0.2) is 9.36 Å². The minimum Gasteiger partial charge on any atom is -0.468 e. The molecule has 0 aliphatic carbocycles. The molecule has 204 valence electrons. The molecule has 0 saturated heterocycles. The maximum Gasteiger partial charge on any atom is 0.333 e. The number of hydrogen-bond donors (Lipinski definition) is 2. The standard InChI is InChI=1S/C27H28N4O8/c1-16-9-10-19(11-17(16)2)25(35)29-12-21(33)39-15-20(32)23-24(28)30(13-18-7-5-4-6-8-18)27(37)31(26(23)36)14-22(34)38-3/h4-11H,12-15,28H2,1-3H3,(H,29,35). The highest BCUT2D eigenvalue weighted by Gasteiger charge is 2.25. The molecule has 1 amide bonds. The molecule has 0 bridgehead atoms. The summed E-state index contributed by atoms with van der Waals surface area (Å²) in [5, 5.41) is 2.40. The fourth-order valence-electron chi connectivity index (χ4n) is 3.64.